The predicted octanol–water partition coefficient (Wildman–Crippen LogP) is 2.22. The predicted molar refractivity (Wildman–Crippen MR) is 74.2 cm³/mol. The molecule has 1 rings (SSSR count). The number of rotatable bonds is 5. The zero-order valence-electron chi connectivity index (χ0n) is 10.1. The number of primary amides is 1. The molecule has 0 saturated carbocycles. The van der Waals surface area contributed by atoms with Crippen molar-refractivity contribution in [2.45, 2.75) is 25.8 Å². The number of benzene rings is 1. The molecule has 0 heterocycles. The van der Waals surface area contributed by atoms with Gasteiger partial charge in [0, 0.05) is 10.2 Å². The molecule has 0 aliphatic rings. The molecule has 0 radical (unpaired) electrons. The molecule has 0 bridgehead atoms. The number of hydrogen-bond acceptors (Lipinski definition) is 2. The minimum Gasteiger partial charge on any atom is -0.368 e. The van der Waals surface area contributed by atoms with Gasteiger partial charge in [0.25, 0.3) is 0 Å². The first kappa shape index (κ1) is 14.5. The van der Waals surface area contributed by atoms with Gasteiger partial charge < -0.3 is 16.4 Å². The summed E-state index contributed by atoms with van der Waals surface area (Å²) in [7, 11) is 0. The standard InChI is InChI=1S/C12H16BrN3O2/c1-2-3-10(11(14)17)16-12(18)15-9-6-4-8(13)5-7-9/h4-7,10H,2-3H2,1H3,(H2,14,17)(H2,15,16,18). The fraction of sp³-hybridized carbons (Fsp3) is 0.333. The highest BCUT2D eigenvalue weighted by molar-refractivity contribution is 9.10. The van der Waals surface area contributed by atoms with Crippen molar-refractivity contribution in [1.82, 2.24) is 5.32 Å². The zero-order valence-corrected chi connectivity index (χ0v) is 11.7. The van der Waals surface area contributed by atoms with Gasteiger partial charge in [-0.3, -0.25) is 4.79 Å². The van der Waals surface area contributed by atoms with Crippen LogP contribution in [0.5, 0.6) is 0 Å². The van der Waals surface area contributed by atoms with E-state index in [2.05, 4.69) is 26.6 Å². The highest BCUT2D eigenvalue weighted by atomic mass is 79.9. The number of urea groups is 1. The molecule has 18 heavy (non-hydrogen) atoms. The van der Waals surface area contributed by atoms with Gasteiger partial charge in [0.1, 0.15) is 6.04 Å². The number of anilines is 1. The van der Waals surface area contributed by atoms with Crippen molar-refractivity contribution in [3.63, 3.8) is 0 Å². The van der Waals surface area contributed by atoms with E-state index in [1.54, 1.807) is 12.1 Å². The minimum atomic E-state index is -0.634. The normalized spacial score (nSPS) is 11.7. The van der Waals surface area contributed by atoms with Crippen molar-refractivity contribution < 1.29 is 9.59 Å². The Morgan fingerprint density at radius 1 is 1.33 bits per heavy atom. The third-order valence-electron chi connectivity index (χ3n) is 2.33. The first-order valence-corrected chi connectivity index (χ1v) is 6.44. The molecule has 0 fully saturated rings. The van der Waals surface area contributed by atoms with Gasteiger partial charge in [0.05, 0.1) is 0 Å². The van der Waals surface area contributed by atoms with Crippen LogP contribution < -0.4 is 16.4 Å². The second-order valence-corrected chi connectivity index (χ2v) is 4.76. The number of amides is 3. The van der Waals surface area contributed by atoms with Crippen LogP contribution in [0.3, 0.4) is 0 Å². The Hall–Kier alpha value is -1.56. The van der Waals surface area contributed by atoms with Crippen molar-refractivity contribution in [1.29, 1.82) is 0 Å². The van der Waals surface area contributed by atoms with E-state index < -0.39 is 18.0 Å². The SMILES string of the molecule is CCCC(NC(=O)Nc1ccc(Br)cc1)C(N)=O. The summed E-state index contributed by atoms with van der Waals surface area (Å²) in [6.07, 6.45) is 1.30. The first-order valence-electron chi connectivity index (χ1n) is 5.65. The second-order valence-electron chi connectivity index (χ2n) is 3.85. The maximum atomic E-state index is 11.6. The number of hydrogen-bond donors (Lipinski definition) is 3. The molecule has 0 aliphatic heterocycles. The lowest BCUT2D eigenvalue weighted by atomic mass is 10.1. The van der Waals surface area contributed by atoms with E-state index in [0.29, 0.717) is 12.1 Å². The molecule has 1 aromatic rings. The summed E-state index contributed by atoms with van der Waals surface area (Å²) in [5.41, 5.74) is 5.85. The first-order chi connectivity index (χ1) is 8.52. The highest BCUT2D eigenvalue weighted by Gasteiger charge is 2.16. The lowest BCUT2D eigenvalue weighted by Gasteiger charge is -2.15. The van der Waals surface area contributed by atoms with Gasteiger partial charge in [-0.1, -0.05) is 29.3 Å². The number of carbonyl (C=O) groups is 2. The Kier molecular flexibility index (Phi) is 5.64. The van der Waals surface area contributed by atoms with Gasteiger partial charge in [-0.15, -0.1) is 0 Å². The Morgan fingerprint density at radius 3 is 2.44 bits per heavy atom. The summed E-state index contributed by atoms with van der Waals surface area (Å²) in [5, 5.41) is 5.18. The fourth-order valence-corrected chi connectivity index (χ4v) is 1.70. The molecule has 5 nitrogen and oxygen atoms in total. The Bertz CT molecular complexity index is 420. The molecule has 3 amide bonds. The zero-order chi connectivity index (χ0) is 13.5. The Labute approximate surface area is 114 Å². The molecule has 4 N–H and O–H groups in total. The quantitative estimate of drug-likeness (QED) is 0.778. The van der Waals surface area contributed by atoms with E-state index in [-0.39, 0.29) is 0 Å². The average molecular weight is 314 g/mol. The molecule has 6 heteroatoms. The van der Waals surface area contributed by atoms with Crippen LogP contribution in [0.25, 0.3) is 0 Å². The summed E-state index contributed by atoms with van der Waals surface area (Å²) >= 11 is 3.30. The van der Waals surface area contributed by atoms with Crippen LogP contribution in [0.2, 0.25) is 0 Å². The van der Waals surface area contributed by atoms with Gasteiger partial charge >= 0.3 is 6.03 Å². The van der Waals surface area contributed by atoms with E-state index in [0.717, 1.165) is 10.9 Å². The number of carbonyl (C=O) groups excluding carboxylic acids is 2. The average Bonchev–Trinajstić information content (AvgIpc) is 2.31. The number of halogens is 1. The van der Waals surface area contributed by atoms with Crippen molar-refractivity contribution in [2.24, 2.45) is 5.73 Å². The molecule has 1 atom stereocenters. The summed E-state index contributed by atoms with van der Waals surface area (Å²) in [6, 6.07) is 6.06. The van der Waals surface area contributed by atoms with E-state index in [9.17, 15) is 9.59 Å². The maximum Gasteiger partial charge on any atom is 0.319 e. The summed E-state index contributed by atoms with van der Waals surface area (Å²) in [5.74, 6) is -0.525. The van der Waals surface area contributed by atoms with Crippen molar-refractivity contribution in [3.8, 4) is 0 Å². The number of nitrogens with one attached hydrogen (secondary N) is 2. The van der Waals surface area contributed by atoms with E-state index in [1.807, 2.05) is 19.1 Å². The lowest BCUT2D eigenvalue weighted by molar-refractivity contribution is -0.119. The van der Waals surface area contributed by atoms with E-state index in [4.69, 9.17) is 5.73 Å². The lowest BCUT2D eigenvalue weighted by Crippen LogP contribution is -2.46. The summed E-state index contributed by atoms with van der Waals surface area (Å²) < 4.78 is 0.925. The Balaban J connectivity index is 2.54. The summed E-state index contributed by atoms with van der Waals surface area (Å²) in [6.45, 7) is 1.92. The highest BCUT2D eigenvalue weighted by Crippen LogP contribution is 2.13. The number of nitrogens with two attached hydrogens (primary N) is 1. The third-order valence-corrected chi connectivity index (χ3v) is 2.86. The monoisotopic (exact) mass is 313 g/mol. The molecule has 0 spiro atoms. The molecular formula is C12H16BrN3O2. The molecule has 1 unspecified atom stereocenters. The van der Waals surface area contributed by atoms with Crippen LogP contribution in [0.1, 0.15) is 19.8 Å². The van der Waals surface area contributed by atoms with Crippen LogP contribution >= 0.6 is 15.9 Å². The van der Waals surface area contributed by atoms with Crippen molar-refractivity contribution >= 4 is 33.6 Å². The van der Waals surface area contributed by atoms with Crippen LogP contribution in [-0.4, -0.2) is 18.0 Å². The van der Waals surface area contributed by atoms with Crippen LogP contribution in [0.15, 0.2) is 28.7 Å². The van der Waals surface area contributed by atoms with Gasteiger partial charge in [-0.05, 0) is 30.7 Å². The molecule has 98 valence electrons. The van der Waals surface area contributed by atoms with E-state index in [1.165, 1.54) is 0 Å². The largest absolute Gasteiger partial charge is 0.368 e. The van der Waals surface area contributed by atoms with Crippen molar-refractivity contribution in [2.75, 3.05) is 5.32 Å². The van der Waals surface area contributed by atoms with Crippen LogP contribution in [0, 0.1) is 0 Å². The van der Waals surface area contributed by atoms with Gasteiger partial charge in [0.15, 0.2) is 0 Å². The molecular weight excluding hydrogens is 298 g/mol. The fourth-order valence-electron chi connectivity index (χ4n) is 1.43. The molecule has 0 saturated heterocycles. The maximum absolute atomic E-state index is 11.6. The van der Waals surface area contributed by atoms with E-state index >= 15 is 0 Å². The molecule has 1 aromatic carbocycles. The molecule has 0 aliphatic carbocycles. The van der Waals surface area contributed by atoms with Crippen molar-refractivity contribution in [3.05, 3.63) is 28.7 Å². The minimum absolute atomic E-state index is 0.436. The van der Waals surface area contributed by atoms with Gasteiger partial charge in [0.2, 0.25) is 5.91 Å². The van der Waals surface area contributed by atoms with Crippen LogP contribution in [0.4, 0.5) is 10.5 Å². The smallest absolute Gasteiger partial charge is 0.319 e. The van der Waals surface area contributed by atoms with Crippen LogP contribution in [-0.2, 0) is 4.79 Å². The summed E-state index contributed by atoms with van der Waals surface area (Å²) in [4.78, 5) is 22.7. The third kappa shape index (κ3) is 4.75. The second kappa shape index (κ2) is 7.00. The van der Waals surface area contributed by atoms with Gasteiger partial charge in [-0.25, -0.2) is 4.79 Å². The van der Waals surface area contributed by atoms with Gasteiger partial charge in [-0.2, -0.15) is 0 Å². The Morgan fingerprint density at radius 2 is 1.94 bits per heavy atom. The molecule has 0 aromatic heterocycles. The topological polar surface area (TPSA) is 84.2 Å².